The first-order valence-corrected chi connectivity index (χ1v) is 13.2. The highest BCUT2D eigenvalue weighted by Gasteiger charge is 2.32. The maximum Gasteiger partial charge on any atom is 0.335 e. The smallest absolute Gasteiger partial charge is 0.335 e. The second-order valence-corrected chi connectivity index (χ2v) is 9.80. The number of likely N-dealkylation sites (N-methyl/N-ethyl adjacent to an activating group) is 1. The number of carbonyl (C=O) groups is 2. The van der Waals surface area contributed by atoms with E-state index in [1.807, 2.05) is 43.3 Å². The lowest BCUT2D eigenvalue weighted by molar-refractivity contribution is -0.122. The van der Waals surface area contributed by atoms with Crippen LogP contribution in [0.2, 0.25) is 0 Å². The van der Waals surface area contributed by atoms with E-state index >= 15 is 0 Å². The van der Waals surface area contributed by atoms with Crippen molar-refractivity contribution in [3.63, 3.8) is 0 Å². The van der Waals surface area contributed by atoms with Gasteiger partial charge in [0.1, 0.15) is 6.61 Å². The largest absolute Gasteiger partial charge is 0.493 e. The Labute approximate surface area is 230 Å². The van der Waals surface area contributed by atoms with Gasteiger partial charge in [-0.15, -0.1) is 0 Å². The van der Waals surface area contributed by atoms with E-state index in [1.165, 1.54) is 29.3 Å². The molecule has 0 bridgehead atoms. The molecule has 0 saturated carbocycles. The molecule has 4 aromatic rings. The van der Waals surface area contributed by atoms with Crippen LogP contribution >= 0.6 is 11.8 Å². The molecule has 1 aliphatic heterocycles. The van der Waals surface area contributed by atoms with E-state index < -0.39 is 5.97 Å². The van der Waals surface area contributed by atoms with Gasteiger partial charge in [-0.05, 0) is 83.1 Å². The van der Waals surface area contributed by atoms with E-state index in [2.05, 4.69) is 29.3 Å². The summed E-state index contributed by atoms with van der Waals surface area (Å²) in [5, 5.41) is 12.1. The highest BCUT2D eigenvalue weighted by atomic mass is 32.2. The van der Waals surface area contributed by atoms with Gasteiger partial charge in [0.05, 0.1) is 23.3 Å². The molecule has 39 heavy (non-hydrogen) atoms. The molecule has 5 rings (SSSR count). The Balaban J connectivity index is 1.35. The summed E-state index contributed by atoms with van der Waals surface area (Å²) >= 11 is 1.25. The number of carboxylic acid groups (broad SMARTS) is 1. The molecule has 0 radical (unpaired) electrons. The summed E-state index contributed by atoms with van der Waals surface area (Å²) in [5.41, 5.74) is 2.45. The van der Waals surface area contributed by atoms with Crippen molar-refractivity contribution in [2.45, 2.75) is 13.5 Å². The molecule has 0 spiro atoms. The van der Waals surface area contributed by atoms with Gasteiger partial charge in [0, 0.05) is 6.54 Å². The van der Waals surface area contributed by atoms with Crippen LogP contribution in [0.4, 0.5) is 5.69 Å². The summed E-state index contributed by atoms with van der Waals surface area (Å²) in [6, 6.07) is 26.3. The number of amides is 1. The van der Waals surface area contributed by atoms with Crippen LogP contribution in [0.1, 0.15) is 28.4 Å². The van der Waals surface area contributed by atoms with Crippen molar-refractivity contribution in [3.05, 3.63) is 107 Å². The monoisotopic (exact) mass is 538 g/mol. The van der Waals surface area contributed by atoms with Gasteiger partial charge in [-0.1, -0.05) is 48.5 Å². The second-order valence-electron chi connectivity index (χ2n) is 8.79. The number of amidine groups is 1. The summed E-state index contributed by atoms with van der Waals surface area (Å²) in [7, 11) is 1.58. The minimum Gasteiger partial charge on any atom is -0.493 e. The van der Waals surface area contributed by atoms with Crippen LogP contribution in [-0.4, -0.2) is 40.7 Å². The SMILES string of the molecule is CCN1C(=O)/C(=C/c2ccc(OCc3ccc4ccccc4c3)c(OC)c2)SC1=Nc1cccc(C(=O)O)c1. The molecule has 8 heteroatoms. The van der Waals surface area contributed by atoms with Gasteiger partial charge in [0.2, 0.25) is 0 Å². The lowest BCUT2D eigenvalue weighted by atomic mass is 10.1. The first kappa shape index (κ1) is 26.1. The highest BCUT2D eigenvalue weighted by Crippen LogP contribution is 2.36. The van der Waals surface area contributed by atoms with Crippen LogP contribution in [0.3, 0.4) is 0 Å². The number of benzene rings is 4. The summed E-state index contributed by atoms with van der Waals surface area (Å²) < 4.78 is 11.6. The third-order valence-corrected chi connectivity index (χ3v) is 7.22. The van der Waals surface area contributed by atoms with Crippen molar-refractivity contribution in [1.29, 1.82) is 0 Å². The van der Waals surface area contributed by atoms with Crippen molar-refractivity contribution in [2.75, 3.05) is 13.7 Å². The molecule has 1 heterocycles. The van der Waals surface area contributed by atoms with Crippen molar-refractivity contribution in [3.8, 4) is 11.5 Å². The topological polar surface area (TPSA) is 88.4 Å². The van der Waals surface area contributed by atoms with Gasteiger partial charge in [-0.25, -0.2) is 9.79 Å². The molecule has 0 unspecified atom stereocenters. The zero-order chi connectivity index (χ0) is 27.4. The predicted molar refractivity (Wildman–Crippen MR) is 155 cm³/mol. The van der Waals surface area contributed by atoms with E-state index in [0.717, 1.165) is 16.5 Å². The highest BCUT2D eigenvalue weighted by molar-refractivity contribution is 8.18. The van der Waals surface area contributed by atoms with Gasteiger partial charge in [0.25, 0.3) is 5.91 Å². The Kier molecular flexibility index (Phi) is 7.65. The van der Waals surface area contributed by atoms with Crippen LogP contribution in [-0.2, 0) is 11.4 Å². The van der Waals surface area contributed by atoms with Crippen LogP contribution in [0, 0.1) is 0 Å². The number of carboxylic acids is 1. The normalized spacial score (nSPS) is 15.3. The predicted octanol–water partition coefficient (Wildman–Crippen LogP) is 6.75. The average molecular weight is 539 g/mol. The minimum atomic E-state index is -1.03. The third-order valence-electron chi connectivity index (χ3n) is 6.22. The number of hydrogen-bond acceptors (Lipinski definition) is 6. The Morgan fingerprint density at radius 2 is 1.79 bits per heavy atom. The summed E-state index contributed by atoms with van der Waals surface area (Å²) in [6.45, 7) is 2.70. The lowest BCUT2D eigenvalue weighted by Gasteiger charge is -2.12. The van der Waals surface area contributed by atoms with Crippen LogP contribution in [0.25, 0.3) is 16.8 Å². The molecule has 1 saturated heterocycles. The summed E-state index contributed by atoms with van der Waals surface area (Å²) in [5.74, 6) is -0.0220. The number of aromatic carboxylic acids is 1. The minimum absolute atomic E-state index is 0.139. The van der Waals surface area contributed by atoms with E-state index in [9.17, 15) is 14.7 Å². The van der Waals surface area contributed by atoms with Gasteiger partial charge in [-0.3, -0.25) is 9.69 Å². The Hall–Kier alpha value is -4.56. The molecular weight excluding hydrogens is 512 g/mol. The number of ether oxygens (including phenoxy) is 2. The molecule has 1 amide bonds. The van der Waals surface area contributed by atoms with Crippen molar-refractivity contribution in [1.82, 2.24) is 4.90 Å². The van der Waals surface area contributed by atoms with Crippen molar-refractivity contribution >= 4 is 51.3 Å². The fraction of sp³-hybridized carbons (Fsp3) is 0.129. The molecule has 7 nitrogen and oxygen atoms in total. The van der Waals surface area contributed by atoms with Gasteiger partial charge >= 0.3 is 5.97 Å². The molecule has 1 fully saturated rings. The third kappa shape index (κ3) is 5.81. The average Bonchev–Trinajstić information content (AvgIpc) is 3.25. The molecule has 0 aliphatic carbocycles. The zero-order valence-corrected chi connectivity index (χ0v) is 22.3. The van der Waals surface area contributed by atoms with E-state index in [-0.39, 0.29) is 11.5 Å². The number of aliphatic imine (C=N–C) groups is 1. The Morgan fingerprint density at radius 3 is 2.56 bits per heavy atom. The maximum atomic E-state index is 13.1. The first-order chi connectivity index (χ1) is 18.9. The number of hydrogen-bond donors (Lipinski definition) is 1. The molecule has 4 aromatic carbocycles. The quantitative estimate of drug-likeness (QED) is 0.250. The summed E-state index contributed by atoms with van der Waals surface area (Å²) in [6.07, 6.45) is 1.79. The lowest BCUT2D eigenvalue weighted by Crippen LogP contribution is -2.28. The maximum absolute atomic E-state index is 13.1. The number of rotatable bonds is 8. The molecule has 196 valence electrons. The van der Waals surface area contributed by atoms with E-state index in [0.29, 0.717) is 40.4 Å². The van der Waals surface area contributed by atoms with Gasteiger partial charge in [-0.2, -0.15) is 0 Å². The van der Waals surface area contributed by atoms with Crippen molar-refractivity contribution < 1.29 is 24.2 Å². The molecular formula is C31H26N2O5S. The number of nitrogens with zero attached hydrogens (tertiary/aromatic N) is 2. The fourth-order valence-electron chi connectivity index (χ4n) is 4.22. The van der Waals surface area contributed by atoms with Crippen LogP contribution < -0.4 is 9.47 Å². The first-order valence-electron chi connectivity index (χ1n) is 12.4. The van der Waals surface area contributed by atoms with Crippen LogP contribution in [0.5, 0.6) is 11.5 Å². The Bertz CT molecular complexity index is 1630. The van der Waals surface area contributed by atoms with E-state index in [1.54, 1.807) is 30.2 Å². The molecule has 1 aliphatic rings. The summed E-state index contributed by atoms with van der Waals surface area (Å²) in [4.78, 5) is 31.0. The fourth-order valence-corrected chi connectivity index (χ4v) is 5.29. The number of carbonyl (C=O) groups excluding carboxylic acids is 1. The van der Waals surface area contributed by atoms with Gasteiger partial charge in [0.15, 0.2) is 16.7 Å². The molecule has 0 atom stereocenters. The van der Waals surface area contributed by atoms with Crippen molar-refractivity contribution in [2.24, 2.45) is 4.99 Å². The number of methoxy groups -OCH3 is 1. The zero-order valence-electron chi connectivity index (χ0n) is 21.5. The van der Waals surface area contributed by atoms with E-state index in [4.69, 9.17) is 9.47 Å². The molecule has 0 aromatic heterocycles. The van der Waals surface area contributed by atoms with Gasteiger partial charge < -0.3 is 14.6 Å². The second kappa shape index (κ2) is 11.4. The Morgan fingerprint density at radius 1 is 0.974 bits per heavy atom. The van der Waals surface area contributed by atoms with Crippen LogP contribution in [0.15, 0.2) is 94.8 Å². The number of thioether (sulfide) groups is 1. The standard InChI is InChI=1S/C31H26N2O5S/c1-3-33-29(34)28(39-31(33)32-25-10-6-9-24(18-25)30(35)36)17-20-12-14-26(27(16-20)37-2)38-19-21-11-13-22-7-4-5-8-23(22)15-21/h4-18H,3,19H2,1-2H3,(H,35,36)/b28-17-,32-31?. The number of fused-ring (bicyclic) bond motifs is 1. The molecule has 1 N–H and O–H groups in total.